The molecule has 1 aliphatic rings. The van der Waals surface area contributed by atoms with Crippen molar-refractivity contribution >= 4 is 39.4 Å². The van der Waals surface area contributed by atoms with Crippen LogP contribution in [0.15, 0.2) is 51.6 Å². The van der Waals surface area contributed by atoms with E-state index >= 15 is 0 Å². The molecule has 1 saturated heterocycles. The lowest BCUT2D eigenvalue weighted by atomic mass is 10.3. The number of nitrogens with zero attached hydrogens (tertiary/aromatic N) is 1. The Bertz CT molecular complexity index is 586. The van der Waals surface area contributed by atoms with Crippen LogP contribution in [-0.2, 0) is 0 Å². The maximum Gasteiger partial charge on any atom is 0.323 e. The summed E-state index contributed by atoms with van der Waals surface area (Å²) in [5.74, 6) is 1.73. The van der Waals surface area contributed by atoms with Gasteiger partial charge in [-0.3, -0.25) is 0 Å². The molecule has 6 heteroatoms. The van der Waals surface area contributed by atoms with Crippen LogP contribution in [0.25, 0.3) is 0 Å². The predicted octanol–water partition coefficient (Wildman–Crippen LogP) is 4.32. The monoisotopic (exact) mass is 352 g/mol. The average Bonchev–Trinajstić information content (AvgIpc) is 3.11. The fraction of sp³-hybridized carbons (Fsp3) is 0.214. The van der Waals surface area contributed by atoms with Crippen molar-refractivity contribution in [2.24, 2.45) is 0 Å². The Morgan fingerprint density at radius 3 is 2.85 bits per heavy atom. The van der Waals surface area contributed by atoms with E-state index in [4.69, 9.17) is 4.42 Å². The number of hydrogen-bond acceptors (Lipinski definition) is 3. The summed E-state index contributed by atoms with van der Waals surface area (Å²) in [5, 5.41) is 2.87. The Balaban J connectivity index is 1.71. The first-order chi connectivity index (χ1) is 9.74. The molecule has 1 aromatic carbocycles. The Labute approximate surface area is 129 Å². The normalized spacial score (nSPS) is 18.2. The molecule has 1 N–H and O–H groups in total. The number of hydrogen-bond donors (Lipinski definition) is 1. The van der Waals surface area contributed by atoms with Crippen molar-refractivity contribution in [2.45, 2.75) is 5.37 Å². The number of amides is 2. The van der Waals surface area contributed by atoms with Crippen LogP contribution in [0.5, 0.6) is 0 Å². The van der Waals surface area contributed by atoms with Crippen LogP contribution in [0, 0.1) is 0 Å². The summed E-state index contributed by atoms with van der Waals surface area (Å²) in [5.41, 5.74) is 0.785. The Morgan fingerprint density at radius 2 is 2.15 bits per heavy atom. The topological polar surface area (TPSA) is 45.5 Å². The second kappa shape index (κ2) is 5.93. The van der Waals surface area contributed by atoms with Crippen LogP contribution in [-0.4, -0.2) is 23.2 Å². The second-order valence-corrected chi connectivity index (χ2v) is 6.47. The molecule has 2 heterocycles. The number of carbonyl (C=O) groups is 1. The fourth-order valence-corrected chi connectivity index (χ4v) is 3.54. The molecule has 104 valence electrons. The van der Waals surface area contributed by atoms with Crippen molar-refractivity contribution in [3.63, 3.8) is 0 Å². The molecule has 1 aliphatic heterocycles. The van der Waals surface area contributed by atoms with Gasteiger partial charge >= 0.3 is 6.03 Å². The third kappa shape index (κ3) is 2.86. The summed E-state index contributed by atoms with van der Waals surface area (Å²) < 4.78 is 6.40. The minimum atomic E-state index is -0.0984. The van der Waals surface area contributed by atoms with Gasteiger partial charge in [0.15, 0.2) is 0 Å². The molecule has 2 amide bonds. The van der Waals surface area contributed by atoms with Crippen LogP contribution in [0.2, 0.25) is 0 Å². The predicted molar refractivity (Wildman–Crippen MR) is 83.8 cm³/mol. The highest BCUT2D eigenvalue weighted by molar-refractivity contribution is 9.10. The highest BCUT2D eigenvalue weighted by atomic mass is 79.9. The van der Waals surface area contributed by atoms with Crippen LogP contribution in [0.1, 0.15) is 11.1 Å². The molecular weight excluding hydrogens is 340 g/mol. The van der Waals surface area contributed by atoms with E-state index in [9.17, 15) is 4.79 Å². The van der Waals surface area contributed by atoms with Crippen molar-refractivity contribution in [1.29, 1.82) is 0 Å². The number of benzene rings is 1. The number of thioether (sulfide) groups is 1. The molecule has 1 atom stereocenters. The van der Waals surface area contributed by atoms with E-state index in [1.54, 1.807) is 22.9 Å². The number of nitrogens with one attached hydrogen (secondary N) is 1. The number of furan rings is 1. The molecular formula is C14H13BrN2O2S. The van der Waals surface area contributed by atoms with Crippen molar-refractivity contribution in [3.05, 3.63) is 52.9 Å². The number of rotatable bonds is 2. The smallest absolute Gasteiger partial charge is 0.323 e. The van der Waals surface area contributed by atoms with Gasteiger partial charge in [-0.2, -0.15) is 0 Å². The number of urea groups is 1. The third-order valence-corrected chi connectivity index (χ3v) is 4.78. The first-order valence-corrected chi connectivity index (χ1v) is 8.06. The Kier molecular flexibility index (Phi) is 4.03. The quantitative estimate of drug-likeness (QED) is 0.875. The van der Waals surface area contributed by atoms with Crippen molar-refractivity contribution in [2.75, 3.05) is 17.6 Å². The zero-order valence-corrected chi connectivity index (χ0v) is 13.0. The lowest BCUT2D eigenvalue weighted by Crippen LogP contribution is -2.34. The van der Waals surface area contributed by atoms with Crippen LogP contribution < -0.4 is 5.32 Å². The molecule has 3 rings (SSSR count). The second-order valence-electron chi connectivity index (χ2n) is 4.37. The molecule has 1 fully saturated rings. The molecule has 1 aromatic heterocycles. The van der Waals surface area contributed by atoms with Gasteiger partial charge in [-0.25, -0.2) is 4.79 Å². The number of anilines is 1. The first-order valence-electron chi connectivity index (χ1n) is 6.22. The summed E-state index contributed by atoms with van der Waals surface area (Å²) >= 11 is 5.09. The maximum absolute atomic E-state index is 12.4. The molecule has 0 aliphatic carbocycles. The van der Waals surface area contributed by atoms with Crippen LogP contribution >= 0.6 is 27.7 Å². The molecule has 4 nitrogen and oxygen atoms in total. The summed E-state index contributed by atoms with van der Waals surface area (Å²) in [7, 11) is 0. The van der Waals surface area contributed by atoms with E-state index in [0.29, 0.717) is 0 Å². The number of carbonyl (C=O) groups excluding carboxylic acids is 1. The third-order valence-electron chi connectivity index (χ3n) is 3.03. The molecule has 1 unspecified atom stereocenters. The van der Waals surface area contributed by atoms with Gasteiger partial charge < -0.3 is 14.6 Å². The van der Waals surface area contributed by atoms with E-state index in [2.05, 4.69) is 21.2 Å². The molecule has 2 aromatic rings. The molecule has 0 spiro atoms. The first kappa shape index (κ1) is 13.6. The highest BCUT2D eigenvalue weighted by Crippen LogP contribution is 2.38. The van der Waals surface area contributed by atoms with Gasteiger partial charge in [0, 0.05) is 22.5 Å². The van der Waals surface area contributed by atoms with E-state index in [-0.39, 0.29) is 11.4 Å². The summed E-state index contributed by atoms with van der Waals surface area (Å²) in [6.45, 7) is 0.721. The summed E-state index contributed by atoms with van der Waals surface area (Å²) in [4.78, 5) is 14.2. The van der Waals surface area contributed by atoms with Crippen molar-refractivity contribution in [1.82, 2.24) is 4.90 Å². The van der Waals surface area contributed by atoms with E-state index in [0.717, 1.165) is 28.2 Å². The van der Waals surface area contributed by atoms with E-state index < -0.39 is 0 Å². The average molecular weight is 353 g/mol. The van der Waals surface area contributed by atoms with Gasteiger partial charge in [-0.1, -0.05) is 15.9 Å². The molecule has 0 saturated carbocycles. The van der Waals surface area contributed by atoms with E-state index in [1.807, 2.05) is 36.4 Å². The zero-order valence-electron chi connectivity index (χ0n) is 10.6. The molecule has 20 heavy (non-hydrogen) atoms. The fourth-order valence-electron chi connectivity index (χ4n) is 2.07. The van der Waals surface area contributed by atoms with Crippen molar-refractivity contribution < 1.29 is 9.21 Å². The zero-order chi connectivity index (χ0) is 13.9. The molecule has 0 bridgehead atoms. The van der Waals surface area contributed by atoms with Gasteiger partial charge in [0.1, 0.15) is 11.1 Å². The highest BCUT2D eigenvalue weighted by Gasteiger charge is 2.32. The van der Waals surface area contributed by atoms with Crippen LogP contribution in [0.4, 0.5) is 10.5 Å². The van der Waals surface area contributed by atoms with Crippen LogP contribution in [0.3, 0.4) is 0 Å². The van der Waals surface area contributed by atoms with Gasteiger partial charge in [0.25, 0.3) is 0 Å². The van der Waals surface area contributed by atoms with Gasteiger partial charge in [0.05, 0.1) is 6.26 Å². The summed E-state index contributed by atoms with van der Waals surface area (Å²) in [6.07, 6.45) is 1.64. The SMILES string of the molecule is O=C(Nc1ccc(Br)cc1)N1CCSC1c1ccco1. The molecule has 0 radical (unpaired) electrons. The van der Waals surface area contributed by atoms with E-state index in [1.165, 1.54) is 0 Å². The van der Waals surface area contributed by atoms with Gasteiger partial charge in [0.2, 0.25) is 0 Å². The summed E-state index contributed by atoms with van der Waals surface area (Å²) in [6, 6.07) is 11.2. The largest absolute Gasteiger partial charge is 0.466 e. The van der Waals surface area contributed by atoms with Gasteiger partial charge in [-0.05, 0) is 36.4 Å². The standard InChI is InChI=1S/C14H13BrN2O2S/c15-10-3-5-11(6-4-10)16-14(18)17-7-9-20-13(17)12-2-1-8-19-12/h1-6,8,13H,7,9H2,(H,16,18). The maximum atomic E-state index is 12.4. The Morgan fingerprint density at radius 1 is 1.35 bits per heavy atom. The minimum absolute atomic E-state index is 0.0413. The lowest BCUT2D eigenvalue weighted by molar-refractivity contribution is 0.210. The Hall–Kier alpha value is -1.40. The number of halogens is 1. The lowest BCUT2D eigenvalue weighted by Gasteiger charge is -2.22. The van der Waals surface area contributed by atoms with Gasteiger partial charge in [-0.15, -0.1) is 11.8 Å². The van der Waals surface area contributed by atoms with Crippen molar-refractivity contribution in [3.8, 4) is 0 Å². The minimum Gasteiger partial charge on any atom is -0.466 e.